The van der Waals surface area contributed by atoms with Crippen molar-refractivity contribution < 1.29 is 14.3 Å². The molecule has 0 aliphatic carbocycles. The molecule has 0 radical (unpaired) electrons. The molecule has 0 unspecified atom stereocenters. The Morgan fingerprint density at radius 2 is 1.95 bits per heavy atom. The number of anilines is 1. The summed E-state index contributed by atoms with van der Waals surface area (Å²) in [4.78, 5) is 15.5. The number of carbonyl (C=O) groups excluding carboxylic acids is 1. The molecule has 19 heavy (non-hydrogen) atoms. The topological polar surface area (TPSA) is 79.4 Å². The highest BCUT2D eigenvalue weighted by Crippen LogP contribution is 2.37. The van der Waals surface area contributed by atoms with E-state index in [2.05, 4.69) is 4.98 Å². The molecule has 0 atom stereocenters. The summed E-state index contributed by atoms with van der Waals surface area (Å²) in [5.74, 6) is 1.18. The zero-order valence-corrected chi connectivity index (χ0v) is 11.0. The van der Waals surface area contributed by atoms with Crippen molar-refractivity contribution in [1.82, 2.24) is 9.55 Å². The second-order valence-corrected chi connectivity index (χ2v) is 3.96. The number of hydrogen-bond donors (Lipinski definition) is 1. The van der Waals surface area contributed by atoms with Crippen LogP contribution in [-0.2, 0) is 0 Å². The van der Waals surface area contributed by atoms with E-state index in [-0.39, 0.29) is 5.78 Å². The number of ether oxygens (including phenoxy) is 2. The maximum absolute atomic E-state index is 11.6. The molecule has 2 rings (SSSR count). The highest BCUT2D eigenvalue weighted by molar-refractivity contribution is 5.98. The van der Waals surface area contributed by atoms with Crippen LogP contribution in [0.3, 0.4) is 0 Å². The van der Waals surface area contributed by atoms with Crippen molar-refractivity contribution in [3.63, 3.8) is 0 Å². The summed E-state index contributed by atoms with van der Waals surface area (Å²) < 4.78 is 12.4. The molecular weight excluding hydrogens is 246 g/mol. The van der Waals surface area contributed by atoms with Crippen LogP contribution < -0.4 is 15.2 Å². The lowest BCUT2D eigenvalue weighted by atomic mass is 10.1. The van der Waals surface area contributed by atoms with E-state index in [9.17, 15) is 4.79 Å². The molecule has 1 heterocycles. The number of nitrogen functional groups attached to an aromatic ring is 1. The fourth-order valence-corrected chi connectivity index (χ4v) is 1.90. The van der Waals surface area contributed by atoms with Crippen molar-refractivity contribution in [2.45, 2.75) is 6.92 Å². The molecule has 2 N–H and O–H groups in total. The number of benzene rings is 1. The maximum atomic E-state index is 11.6. The minimum Gasteiger partial charge on any atom is -0.492 e. The van der Waals surface area contributed by atoms with E-state index in [1.165, 1.54) is 21.1 Å². The lowest BCUT2D eigenvalue weighted by Gasteiger charge is -2.15. The molecule has 0 aliphatic rings. The average Bonchev–Trinajstić information content (AvgIpc) is 2.83. The predicted molar refractivity (Wildman–Crippen MR) is 71.1 cm³/mol. The van der Waals surface area contributed by atoms with Crippen LogP contribution in [0.2, 0.25) is 0 Å². The average molecular weight is 261 g/mol. The number of methoxy groups -OCH3 is 2. The van der Waals surface area contributed by atoms with Gasteiger partial charge in [-0.15, -0.1) is 0 Å². The van der Waals surface area contributed by atoms with Gasteiger partial charge in [0.1, 0.15) is 12.1 Å². The van der Waals surface area contributed by atoms with Gasteiger partial charge in [0.15, 0.2) is 17.3 Å². The van der Waals surface area contributed by atoms with Crippen LogP contribution in [0.4, 0.5) is 5.82 Å². The molecular formula is C13H15N3O3. The number of Topliss-reactive ketones (excluding diaryl/α,β-unsaturated/α-hetero) is 1. The van der Waals surface area contributed by atoms with Crippen LogP contribution in [0.5, 0.6) is 11.5 Å². The number of nitrogens with zero attached hydrogens (tertiary/aromatic N) is 2. The van der Waals surface area contributed by atoms with E-state index in [4.69, 9.17) is 15.2 Å². The first-order valence-electron chi connectivity index (χ1n) is 5.64. The number of ketones is 1. The predicted octanol–water partition coefficient (Wildman–Crippen LogP) is 1.67. The van der Waals surface area contributed by atoms with E-state index in [1.54, 1.807) is 29.2 Å². The van der Waals surface area contributed by atoms with Gasteiger partial charge in [-0.05, 0) is 19.1 Å². The third-order valence-electron chi connectivity index (χ3n) is 2.76. The van der Waals surface area contributed by atoms with Gasteiger partial charge in [-0.3, -0.25) is 4.79 Å². The quantitative estimate of drug-likeness (QED) is 0.847. The van der Waals surface area contributed by atoms with Crippen molar-refractivity contribution in [2.75, 3.05) is 20.0 Å². The highest BCUT2D eigenvalue weighted by Gasteiger charge is 2.18. The summed E-state index contributed by atoms with van der Waals surface area (Å²) in [6, 6.07) is 3.45. The highest BCUT2D eigenvalue weighted by atomic mass is 16.5. The Labute approximate surface area is 110 Å². The fourth-order valence-electron chi connectivity index (χ4n) is 1.90. The summed E-state index contributed by atoms with van der Waals surface area (Å²) in [7, 11) is 3.02. The number of carbonyl (C=O) groups is 1. The molecule has 0 spiro atoms. The lowest BCUT2D eigenvalue weighted by molar-refractivity contribution is 0.101. The Bertz CT molecular complexity index is 620. The third-order valence-corrected chi connectivity index (χ3v) is 2.76. The van der Waals surface area contributed by atoms with E-state index in [0.717, 1.165) is 0 Å². The number of imidazole rings is 1. The van der Waals surface area contributed by atoms with E-state index in [0.29, 0.717) is 28.6 Å². The molecule has 0 bridgehead atoms. The maximum Gasteiger partial charge on any atom is 0.185 e. The number of hydrogen-bond acceptors (Lipinski definition) is 5. The van der Waals surface area contributed by atoms with E-state index in [1.807, 2.05) is 0 Å². The van der Waals surface area contributed by atoms with E-state index >= 15 is 0 Å². The molecule has 100 valence electrons. The van der Waals surface area contributed by atoms with Crippen LogP contribution in [0.25, 0.3) is 5.69 Å². The van der Waals surface area contributed by atoms with Gasteiger partial charge in [0, 0.05) is 0 Å². The molecule has 1 aromatic heterocycles. The van der Waals surface area contributed by atoms with Gasteiger partial charge < -0.3 is 19.8 Å². The van der Waals surface area contributed by atoms with Gasteiger partial charge in [-0.1, -0.05) is 0 Å². The molecule has 6 nitrogen and oxygen atoms in total. The standard InChI is InChI=1S/C13H15N3O3/c1-8(17)9-4-5-10(13(19-3)12(9)18-2)16-6-11(14)15-7-16/h4-7H,14H2,1-3H3. The van der Waals surface area contributed by atoms with Crippen molar-refractivity contribution in [3.05, 3.63) is 30.2 Å². The Morgan fingerprint density at radius 3 is 2.42 bits per heavy atom. The van der Waals surface area contributed by atoms with Crippen LogP contribution in [0.1, 0.15) is 17.3 Å². The summed E-state index contributed by atoms with van der Waals surface area (Å²) in [5.41, 5.74) is 6.77. The van der Waals surface area contributed by atoms with E-state index < -0.39 is 0 Å². The number of aromatic nitrogens is 2. The number of rotatable bonds is 4. The molecule has 0 amide bonds. The molecule has 0 saturated carbocycles. The largest absolute Gasteiger partial charge is 0.492 e. The van der Waals surface area contributed by atoms with Crippen molar-refractivity contribution in [3.8, 4) is 17.2 Å². The molecule has 0 aliphatic heterocycles. The van der Waals surface area contributed by atoms with Gasteiger partial charge in [0.25, 0.3) is 0 Å². The smallest absolute Gasteiger partial charge is 0.185 e. The van der Waals surface area contributed by atoms with Crippen LogP contribution in [0.15, 0.2) is 24.7 Å². The Hall–Kier alpha value is -2.50. The zero-order valence-electron chi connectivity index (χ0n) is 11.0. The summed E-state index contributed by atoms with van der Waals surface area (Å²) in [6.07, 6.45) is 3.23. The van der Waals surface area contributed by atoms with Crippen LogP contribution in [0, 0.1) is 0 Å². The summed E-state index contributed by atoms with van der Waals surface area (Å²) in [6.45, 7) is 1.48. The minimum atomic E-state index is -0.0909. The van der Waals surface area contributed by atoms with Gasteiger partial charge in [0.05, 0.1) is 31.7 Å². The van der Waals surface area contributed by atoms with Gasteiger partial charge in [0.2, 0.25) is 0 Å². The second kappa shape index (κ2) is 5.01. The molecule has 1 aromatic carbocycles. The minimum absolute atomic E-state index is 0.0909. The van der Waals surface area contributed by atoms with Crippen molar-refractivity contribution >= 4 is 11.6 Å². The second-order valence-electron chi connectivity index (χ2n) is 3.96. The first-order chi connectivity index (χ1) is 9.08. The fraction of sp³-hybridized carbons (Fsp3) is 0.231. The number of nitrogens with two attached hydrogens (primary N) is 1. The molecule has 6 heteroatoms. The first-order valence-corrected chi connectivity index (χ1v) is 5.64. The Morgan fingerprint density at radius 1 is 1.26 bits per heavy atom. The SMILES string of the molecule is COc1c(C(C)=O)ccc(-n2cnc(N)c2)c1OC. The monoisotopic (exact) mass is 261 g/mol. The van der Waals surface area contributed by atoms with Crippen LogP contribution in [-0.4, -0.2) is 29.6 Å². The van der Waals surface area contributed by atoms with Crippen molar-refractivity contribution in [1.29, 1.82) is 0 Å². The zero-order chi connectivity index (χ0) is 14.0. The summed E-state index contributed by atoms with van der Waals surface area (Å²) >= 11 is 0. The Balaban J connectivity index is 2.66. The van der Waals surface area contributed by atoms with Gasteiger partial charge in [-0.2, -0.15) is 0 Å². The molecule has 0 fully saturated rings. The molecule has 2 aromatic rings. The summed E-state index contributed by atoms with van der Waals surface area (Å²) in [5, 5.41) is 0. The lowest BCUT2D eigenvalue weighted by Crippen LogP contribution is -2.04. The first kappa shape index (κ1) is 12.9. The molecule has 0 saturated heterocycles. The van der Waals surface area contributed by atoms with Crippen LogP contribution >= 0.6 is 0 Å². The third kappa shape index (κ3) is 2.24. The normalized spacial score (nSPS) is 10.3. The van der Waals surface area contributed by atoms with Gasteiger partial charge in [-0.25, -0.2) is 4.98 Å². The van der Waals surface area contributed by atoms with Crippen molar-refractivity contribution in [2.24, 2.45) is 0 Å². The Kier molecular flexibility index (Phi) is 3.41. The van der Waals surface area contributed by atoms with Gasteiger partial charge >= 0.3 is 0 Å².